The maximum absolute atomic E-state index is 4.98. The van der Waals surface area contributed by atoms with E-state index in [4.69, 9.17) is 4.98 Å². The zero-order chi connectivity index (χ0) is 17.3. The van der Waals surface area contributed by atoms with Gasteiger partial charge < -0.3 is 0 Å². The largest absolute Gasteiger partial charge is 0.248 e. The summed E-state index contributed by atoms with van der Waals surface area (Å²) in [4.78, 5) is 4.98. The Hall–Kier alpha value is -3.45. The van der Waals surface area contributed by atoms with Crippen LogP contribution in [0.5, 0.6) is 0 Å². The second-order valence-electron chi connectivity index (χ2n) is 6.47. The summed E-state index contributed by atoms with van der Waals surface area (Å²) in [5.41, 5.74) is 5.62. The molecule has 0 aliphatic rings. The summed E-state index contributed by atoms with van der Waals surface area (Å²) < 4.78 is 0. The van der Waals surface area contributed by atoms with Crippen molar-refractivity contribution in [2.75, 3.05) is 0 Å². The molecule has 26 heavy (non-hydrogen) atoms. The predicted octanol–water partition coefficient (Wildman–Crippen LogP) is 6.72. The zero-order valence-electron chi connectivity index (χ0n) is 14.3. The van der Waals surface area contributed by atoms with Crippen LogP contribution in [0, 0.1) is 0 Å². The maximum atomic E-state index is 4.98. The Labute approximate surface area is 152 Å². The fourth-order valence-electron chi connectivity index (χ4n) is 3.61. The summed E-state index contributed by atoms with van der Waals surface area (Å²) in [5.74, 6) is 0. The Kier molecular flexibility index (Phi) is 3.50. The molecule has 0 fully saturated rings. The average molecular weight is 331 g/mol. The molecule has 0 unspecified atom stereocenters. The number of hydrogen-bond acceptors (Lipinski definition) is 1. The standard InChI is InChI=1S/C25H17N/c1-3-9-18(10-4-1)22-17-24(20-12-5-2-6-13-20)26-23-16-15-19-11-7-8-14-21(19)25(22)23/h1-17H. The van der Waals surface area contributed by atoms with E-state index in [1.54, 1.807) is 0 Å². The van der Waals surface area contributed by atoms with Gasteiger partial charge in [-0.25, -0.2) is 4.98 Å². The van der Waals surface area contributed by atoms with Gasteiger partial charge in [-0.05, 0) is 34.0 Å². The number of benzene rings is 4. The van der Waals surface area contributed by atoms with E-state index in [9.17, 15) is 0 Å². The molecule has 5 rings (SSSR count). The first-order valence-electron chi connectivity index (χ1n) is 8.83. The van der Waals surface area contributed by atoms with E-state index in [0.29, 0.717) is 0 Å². The molecule has 0 N–H and O–H groups in total. The van der Waals surface area contributed by atoms with Gasteiger partial charge in [0.05, 0.1) is 11.2 Å². The second kappa shape index (κ2) is 6.12. The van der Waals surface area contributed by atoms with Crippen molar-refractivity contribution in [2.45, 2.75) is 0 Å². The van der Waals surface area contributed by atoms with Gasteiger partial charge in [-0.15, -0.1) is 0 Å². The first-order chi connectivity index (χ1) is 12.9. The molecule has 0 amide bonds. The molecule has 122 valence electrons. The topological polar surface area (TPSA) is 12.9 Å². The quantitative estimate of drug-likeness (QED) is 0.327. The third-order valence-electron chi connectivity index (χ3n) is 4.85. The summed E-state index contributed by atoms with van der Waals surface area (Å²) in [6, 6.07) is 36.0. The molecule has 0 saturated carbocycles. The van der Waals surface area contributed by atoms with Gasteiger partial charge in [0.1, 0.15) is 0 Å². The number of pyridine rings is 1. The lowest BCUT2D eigenvalue weighted by molar-refractivity contribution is 1.40. The molecule has 1 heteroatoms. The monoisotopic (exact) mass is 331 g/mol. The molecule has 0 aliphatic carbocycles. The highest BCUT2D eigenvalue weighted by molar-refractivity contribution is 6.13. The van der Waals surface area contributed by atoms with Crippen molar-refractivity contribution >= 4 is 21.7 Å². The minimum atomic E-state index is 1.01. The van der Waals surface area contributed by atoms with Crippen molar-refractivity contribution < 1.29 is 0 Å². The molecule has 1 heterocycles. The van der Waals surface area contributed by atoms with E-state index in [1.165, 1.54) is 27.3 Å². The summed E-state index contributed by atoms with van der Waals surface area (Å²) in [6.07, 6.45) is 0. The smallest absolute Gasteiger partial charge is 0.0722 e. The van der Waals surface area contributed by atoms with Crippen LogP contribution in [0.1, 0.15) is 0 Å². The van der Waals surface area contributed by atoms with Gasteiger partial charge in [0, 0.05) is 10.9 Å². The summed E-state index contributed by atoms with van der Waals surface area (Å²) in [6.45, 7) is 0. The van der Waals surface area contributed by atoms with Crippen LogP contribution >= 0.6 is 0 Å². The molecular formula is C25H17N. The van der Waals surface area contributed by atoms with Crippen LogP contribution in [0.2, 0.25) is 0 Å². The van der Waals surface area contributed by atoms with Crippen LogP contribution in [0.3, 0.4) is 0 Å². The van der Waals surface area contributed by atoms with Crippen LogP contribution < -0.4 is 0 Å². The highest BCUT2D eigenvalue weighted by Crippen LogP contribution is 2.36. The lowest BCUT2D eigenvalue weighted by Gasteiger charge is -2.13. The van der Waals surface area contributed by atoms with E-state index in [0.717, 1.165) is 16.8 Å². The van der Waals surface area contributed by atoms with Gasteiger partial charge >= 0.3 is 0 Å². The molecule has 0 bridgehead atoms. The van der Waals surface area contributed by atoms with Crippen LogP contribution in [-0.4, -0.2) is 4.98 Å². The minimum Gasteiger partial charge on any atom is -0.248 e. The lowest BCUT2D eigenvalue weighted by atomic mass is 9.94. The van der Waals surface area contributed by atoms with Crippen molar-refractivity contribution in [2.24, 2.45) is 0 Å². The Morgan fingerprint density at radius 1 is 0.538 bits per heavy atom. The van der Waals surface area contributed by atoms with E-state index >= 15 is 0 Å². The van der Waals surface area contributed by atoms with Crippen molar-refractivity contribution in [3.63, 3.8) is 0 Å². The van der Waals surface area contributed by atoms with E-state index in [-0.39, 0.29) is 0 Å². The SMILES string of the molecule is c1ccc(-c2cc(-c3ccccc3)c3c(ccc4ccccc43)n2)cc1. The lowest BCUT2D eigenvalue weighted by Crippen LogP contribution is -1.91. The molecule has 0 atom stereocenters. The van der Waals surface area contributed by atoms with Crippen LogP contribution in [0.25, 0.3) is 44.1 Å². The maximum Gasteiger partial charge on any atom is 0.0722 e. The minimum absolute atomic E-state index is 1.01. The number of aromatic nitrogens is 1. The Morgan fingerprint density at radius 2 is 1.19 bits per heavy atom. The van der Waals surface area contributed by atoms with Gasteiger partial charge in [0.25, 0.3) is 0 Å². The molecule has 0 radical (unpaired) electrons. The van der Waals surface area contributed by atoms with Crippen LogP contribution in [0.4, 0.5) is 0 Å². The molecule has 1 aromatic heterocycles. The van der Waals surface area contributed by atoms with Crippen LogP contribution in [0.15, 0.2) is 103 Å². The summed E-state index contributed by atoms with van der Waals surface area (Å²) in [7, 11) is 0. The van der Waals surface area contributed by atoms with Gasteiger partial charge in [0.2, 0.25) is 0 Å². The zero-order valence-corrected chi connectivity index (χ0v) is 14.3. The van der Waals surface area contributed by atoms with Crippen molar-refractivity contribution in [3.05, 3.63) is 103 Å². The van der Waals surface area contributed by atoms with E-state index < -0.39 is 0 Å². The van der Waals surface area contributed by atoms with Gasteiger partial charge in [-0.3, -0.25) is 0 Å². The van der Waals surface area contributed by atoms with Crippen molar-refractivity contribution in [1.82, 2.24) is 4.98 Å². The van der Waals surface area contributed by atoms with Crippen molar-refractivity contribution in [3.8, 4) is 22.4 Å². The third-order valence-corrected chi connectivity index (χ3v) is 4.85. The second-order valence-corrected chi connectivity index (χ2v) is 6.47. The third kappa shape index (κ3) is 2.46. The highest BCUT2D eigenvalue weighted by atomic mass is 14.7. The normalized spacial score (nSPS) is 11.1. The first kappa shape index (κ1) is 14.9. The molecular weight excluding hydrogens is 314 g/mol. The molecule has 0 spiro atoms. The molecule has 1 nitrogen and oxygen atoms in total. The van der Waals surface area contributed by atoms with Crippen LogP contribution in [-0.2, 0) is 0 Å². The van der Waals surface area contributed by atoms with Gasteiger partial charge in [0.15, 0.2) is 0 Å². The Balaban J connectivity index is 1.92. The first-order valence-corrected chi connectivity index (χ1v) is 8.83. The highest BCUT2D eigenvalue weighted by Gasteiger charge is 2.12. The summed E-state index contributed by atoms with van der Waals surface area (Å²) in [5, 5.41) is 3.70. The van der Waals surface area contributed by atoms with E-state index in [2.05, 4.69) is 97.1 Å². The summed E-state index contributed by atoms with van der Waals surface area (Å²) >= 11 is 0. The van der Waals surface area contributed by atoms with E-state index in [1.807, 2.05) is 6.07 Å². The Morgan fingerprint density at radius 3 is 1.96 bits per heavy atom. The molecule has 0 aliphatic heterocycles. The fourth-order valence-corrected chi connectivity index (χ4v) is 3.61. The average Bonchev–Trinajstić information content (AvgIpc) is 2.74. The molecule has 5 aromatic rings. The molecule has 4 aromatic carbocycles. The number of rotatable bonds is 2. The number of nitrogens with zero attached hydrogens (tertiary/aromatic N) is 1. The predicted molar refractivity (Wildman–Crippen MR) is 110 cm³/mol. The van der Waals surface area contributed by atoms with Gasteiger partial charge in [-0.1, -0.05) is 91.0 Å². The number of fused-ring (bicyclic) bond motifs is 3. The number of hydrogen-bond donors (Lipinski definition) is 0. The Bertz CT molecular complexity index is 1210. The van der Waals surface area contributed by atoms with Crippen molar-refractivity contribution in [1.29, 1.82) is 0 Å². The fraction of sp³-hybridized carbons (Fsp3) is 0. The van der Waals surface area contributed by atoms with Gasteiger partial charge in [-0.2, -0.15) is 0 Å². The molecule has 0 saturated heterocycles.